The number of nitrogens with zero attached hydrogens (tertiary/aromatic N) is 3. The summed E-state index contributed by atoms with van der Waals surface area (Å²) in [4.78, 5) is 7.98. The van der Waals surface area contributed by atoms with Gasteiger partial charge in [0.2, 0.25) is 11.7 Å². The average Bonchev–Trinajstić information content (AvgIpc) is 2.39. The second kappa shape index (κ2) is 2.73. The molecule has 0 saturated carbocycles. The molecule has 0 saturated heterocycles. The van der Waals surface area contributed by atoms with E-state index in [9.17, 15) is 5.11 Å². The van der Waals surface area contributed by atoms with Crippen molar-refractivity contribution in [3.05, 3.63) is 24.2 Å². The van der Waals surface area contributed by atoms with Gasteiger partial charge in [0.15, 0.2) is 0 Å². The second-order valence-corrected chi connectivity index (χ2v) is 3.27. The van der Waals surface area contributed by atoms with E-state index in [4.69, 9.17) is 0 Å². The lowest BCUT2D eigenvalue weighted by molar-refractivity contribution is 0.445. The summed E-state index contributed by atoms with van der Waals surface area (Å²) in [7, 11) is 0. The second-order valence-electron chi connectivity index (χ2n) is 3.27. The Bertz CT molecular complexity index is 433. The van der Waals surface area contributed by atoms with Crippen molar-refractivity contribution < 1.29 is 5.11 Å². The third kappa shape index (κ3) is 1.14. The third-order valence-electron chi connectivity index (χ3n) is 1.97. The summed E-state index contributed by atoms with van der Waals surface area (Å²) in [5.74, 6) is 0.858. The maximum absolute atomic E-state index is 9.53. The Kier molecular flexibility index (Phi) is 1.69. The van der Waals surface area contributed by atoms with Crippen molar-refractivity contribution in [2.24, 2.45) is 0 Å². The summed E-state index contributed by atoms with van der Waals surface area (Å²) < 4.78 is 1.81. The van der Waals surface area contributed by atoms with E-state index in [2.05, 4.69) is 9.97 Å². The molecule has 4 heteroatoms. The zero-order valence-electron chi connectivity index (χ0n) is 7.60. The molecular formula is C9H11N3O. The van der Waals surface area contributed by atoms with Crippen molar-refractivity contribution in [1.82, 2.24) is 14.4 Å². The maximum Gasteiger partial charge on any atom is 0.237 e. The fourth-order valence-electron chi connectivity index (χ4n) is 1.43. The molecule has 0 atom stereocenters. The molecule has 0 bridgehead atoms. The molecule has 0 unspecified atom stereocenters. The van der Waals surface area contributed by atoms with Crippen LogP contribution in [0.2, 0.25) is 0 Å². The summed E-state index contributed by atoms with van der Waals surface area (Å²) in [6, 6.07) is 1.82. The van der Waals surface area contributed by atoms with E-state index in [1.807, 2.05) is 26.1 Å². The van der Waals surface area contributed by atoms with Gasteiger partial charge < -0.3 is 5.11 Å². The Morgan fingerprint density at radius 2 is 2.23 bits per heavy atom. The Hall–Kier alpha value is -1.58. The topological polar surface area (TPSA) is 50.4 Å². The summed E-state index contributed by atoms with van der Waals surface area (Å²) in [6.07, 6.45) is 3.51. The van der Waals surface area contributed by atoms with Gasteiger partial charge in [-0.05, 0) is 12.0 Å². The van der Waals surface area contributed by atoms with Crippen LogP contribution in [0, 0.1) is 0 Å². The number of fused-ring (bicyclic) bond motifs is 1. The number of hydrogen-bond acceptors (Lipinski definition) is 3. The van der Waals surface area contributed by atoms with E-state index in [1.54, 1.807) is 10.6 Å². The van der Waals surface area contributed by atoms with E-state index in [0.717, 1.165) is 5.69 Å². The zero-order valence-corrected chi connectivity index (χ0v) is 7.60. The summed E-state index contributed by atoms with van der Waals surface area (Å²) in [5.41, 5.74) is 0.808. The molecule has 0 aliphatic carbocycles. The lowest BCUT2D eigenvalue weighted by atomic mass is 10.1. The van der Waals surface area contributed by atoms with Crippen molar-refractivity contribution in [1.29, 1.82) is 0 Å². The SMILES string of the molecule is CC(C)c1c(O)nc2ncccn12. The predicted octanol–water partition coefficient (Wildman–Crippen LogP) is 1.56. The quantitative estimate of drug-likeness (QED) is 0.719. The van der Waals surface area contributed by atoms with Gasteiger partial charge in [0.05, 0.1) is 5.69 Å². The first-order valence-electron chi connectivity index (χ1n) is 4.22. The van der Waals surface area contributed by atoms with Crippen LogP contribution in [0.15, 0.2) is 18.5 Å². The van der Waals surface area contributed by atoms with Crippen LogP contribution in [0.3, 0.4) is 0 Å². The molecule has 0 aliphatic rings. The molecule has 2 aromatic heterocycles. The van der Waals surface area contributed by atoms with Gasteiger partial charge in [-0.1, -0.05) is 13.8 Å². The van der Waals surface area contributed by atoms with Gasteiger partial charge in [-0.2, -0.15) is 4.98 Å². The molecule has 2 rings (SSSR count). The fourth-order valence-corrected chi connectivity index (χ4v) is 1.43. The van der Waals surface area contributed by atoms with Crippen LogP contribution in [0.25, 0.3) is 5.78 Å². The highest BCUT2D eigenvalue weighted by Crippen LogP contribution is 2.24. The molecular weight excluding hydrogens is 166 g/mol. The lowest BCUT2D eigenvalue weighted by Gasteiger charge is -2.03. The Balaban J connectivity index is 2.78. The highest BCUT2D eigenvalue weighted by atomic mass is 16.3. The molecule has 2 aromatic rings. The minimum atomic E-state index is 0.0775. The van der Waals surface area contributed by atoms with Crippen LogP contribution in [-0.4, -0.2) is 19.5 Å². The third-order valence-corrected chi connectivity index (χ3v) is 1.97. The predicted molar refractivity (Wildman–Crippen MR) is 48.7 cm³/mol. The van der Waals surface area contributed by atoms with Crippen LogP contribution >= 0.6 is 0 Å². The monoisotopic (exact) mass is 177 g/mol. The van der Waals surface area contributed by atoms with Crippen LogP contribution in [0.4, 0.5) is 0 Å². The number of imidazole rings is 1. The van der Waals surface area contributed by atoms with E-state index in [-0.39, 0.29) is 11.8 Å². The molecule has 0 fully saturated rings. The average molecular weight is 177 g/mol. The van der Waals surface area contributed by atoms with Crippen LogP contribution < -0.4 is 0 Å². The van der Waals surface area contributed by atoms with E-state index in [0.29, 0.717) is 5.78 Å². The van der Waals surface area contributed by atoms with Gasteiger partial charge in [-0.15, -0.1) is 0 Å². The minimum Gasteiger partial charge on any atom is -0.492 e. The molecule has 0 aromatic carbocycles. The first-order valence-corrected chi connectivity index (χ1v) is 4.22. The molecule has 4 nitrogen and oxygen atoms in total. The smallest absolute Gasteiger partial charge is 0.237 e. The summed E-state index contributed by atoms with van der Waals surface area (Å²) >= 11 is 0. The van der Waals surface area contributed by atoms with Crippen molar-refractivity contribution in [2.75, 3.05) is 0 Å². The maximum atomic E-state index is 9.53. The van der Waals surface area contributed by atoms with Gasteiger partial charge in [0, 0.05) is 12.4 Å². The number of rotatable bonds is 1. The molecule has 0 aliphatic heterocycles. The largest absolute Gasteiger partial charge is 0.492 e. The Morgan fingerprint density at radius 1 is 1.46 bits per heavy atom. The Morgan fingerprint density at radius 3 is 2.92 bits per heavy atom. The first-order chi connectivity index (χ1) is 6.20. The zero-order chi connectivity index (χ0) is 9.42. The van der Waals surface area contributed by atoms with Crippen molar-refractivity contribution >= 4 is 5.78 Å². The van der Waals surface area contributed by atoms with Crippen LogP contribution in [0.5, 0.6) is 5.88 Å². The molecule has 1 N–H and O–H groups in total. The van der Waals surface area contributed by atoms with Gasteiger partial charge in [0.25, 0.3) is 0 Å². The van der Waals surface area contributed by atoms with Gasteiger partial charge in [-0.25, -0.2) is 4.98 Å². The molecule has 13 heavy (non-hydrogen) atoms. The van der Waals surface area contributed by atoms with Crippen molar-refractivity contribution in [2.45, 2.75) is 19.8 Å². The van der Waals surface area contributed by atoms with Crippen molar-refractivity contribution in [3.8, 4) is 5.88 Å². The number of aromatic hydroxyl groups is 1. The highest BCUT2D eigenvalue weighted by molar-refractivity contribution is 5.39. The van der Waals surface area contributed by atoms with E-state index < -0.39 is 0 Å². The van der Waals surface area contributed by atoms with Gasteiger partial charge in [-0.3, -0.25) is 4.40 Å². The Labute approximate surface area is 75.9 Å². The first kappa shape index (κ1) is 8.04. The van der Waals surface area contributed by atoms with Crippen LogP contribution in [0.1, 0.15) is 25.5 Å². The highest BCUT2D eigenvalue weighted by Gasteiger charge is 2.13. The summed E-state index contributed by atoms with van der Waals surface area (Å²) in [5, 5.41) is 9.53. The van der Waals surface area contributed by atoms with Crippen molar-refractivity contribution in [3.63, 3.8) is 0 Å². The normalized spacial score (nSPS) is 11.3. The van der Waals surface area contributed by atoms with Gasteiger partial charge in [0.1, 0.15) is 0 Å². The molecule has 0 amide bonds. The molecule has 0 spiro atoms. The summed E-state index contributed by atoms with van der Waals surface area (Å²) in [6.45, 7) is 4.02. The number of hydrogen-bond donors (Lipinski definition) is 1. The van der Waals surface area contributed by atoms with E-state index in [1.165, 1.54) is 0 Å². The van der Waals surface area contributed by atoms with Gasteiger partial charge >= 0.3 is 0 Å². The molecule has 2 heterocycles. The van der Waals surface area contributed by atoms with E-state index >= 15 is 0 Å². The lowest BCUT2D eigenvalue weighted by Crippen LogP contribution is -1.95. The number of aromatic nitrogens is 3. The standard InChI is InChI=1S/C9H11N3O/c1-6(2)7-8(13)11-9-10-4-3-5-12(7)9/h3-6,13H,1-2H3. The van der Waals surface area contributed by atoms with Crippen LogP contribution in [-0.2, 0) is 0 Å². The molecule has 0 radical (unpaired) electrons. The fraction of sp³-hybridized carbons (Fsp3) is 0.333. The molecule has 68 valence electrons. The minimum absolute atomic E-state index is 0.0775.